The minimum Gasteiger partial charge on any atom is -0.350 e. The van der Waals surface area contributed by atoms with Gasteiger partial charge in [-0.15, -0.1) is 0 Å². The van der Waals surface area contributed by atoms with Gasteiger partial charge in [0.25, 0.3) is 5.56 Å². The van der Waals surface area contributed by atoms with Crippen LogP contribution in [0.15, 0.2) is 41.2 Å². The molecule has 2 fully saturated rings. The molecule has 4 nitrogen and oxygen atoms in total. The highest BCUT2D eigenvalue weighted by Gasteiger charge is 2.35. The molecule has 0 unspecified atom stereocenters. The summed E-state index contributed by atoms with van der Waals surface area (Å²) in [5, 5.41) is 2.70. The van der Waals surface area contributed by atoms with E-state index in [2.05, 4.69) is 10.3 Å². The quantitative estimate of drug-likeness (QED) is 0.754. The molecule has 1 saturated carbocycles. The Balaban J connectivity index is 1.86. The van der Waals surface area contributed by atoms with Crippen molar-refractivity contribution in [1.82, 2.24) is 10.3 Å². The molecular formula is C21H18ClF3N2O2. The SMILES string of the molecule is O=C1CC[C@H](/C=C(\c2ccc(C3CC3)c(=O)[nH]2)c2ccc(Cl)cc2C(F)(F)F)N1. The predicted octanol–water partition coefficient (Wildman–Crippen LogP) is 4.63. The van der Waals surface area contributed by atoms with Crippen LogP contribution in [-0.4, -0.2) is 16.9 Å². The fraction of sp³-hybridized carbons (Fsp3) is 0.333. The smallest absolute Gasteiger partial charge is 0.350 e. The third-order valence-electron chi connectivity index (χ3n) is 5.22. The highest BCUT2D eigenvalue weighted by atomic mass is 35.5. The molecule has 1 atom stereocenters. The van der Waals surface area contributed by atoms with Gasteiger partial charge in [0.1, 0.15) is 0 Å². The van der Waals surface area contributed by atoms with Gasteiger partial charge >= 0.3 is 6.18 Å². The van der Waals surface area contributed by atoms with Crippen LogP contribution in [0.2, 0.25) is 5.02 Å². The van der Waals surface area contributed by atoms with E-state index >= 15 is 0 Å². The summed E-state index contributed by atoms with van der Waals surface area (Å²) in [5.41, 5.74) is -0.164. The van der Waals surface area contributed by atoms with Crippen molar-refractivity contribution in [2.75, 3.05) is 0 Å². The van der Waals surface area contributed by atoms with Gasteiger partial charge in [0.05, 0.1) is 5.56 Å². The minimum absolute atomic E-state index is 0.0350. The first-order valence-corrected chi connectivity index (χ1v) is 9.72. The second-order valence-electron chi connectivity index (χ2n) is 7.41. The monoisotopic (exact) mass is 422 g/mol. The second kappa shape index (κ2) is 7.37. The predicted molar refractivity (Wildman–Crippen MR) is 104 cm³/mol. The van der Waals surface area contributed by atoms with E-state index in [0.717, 1.165) is 18.9 Å². The number of benzene rings is 1. The van der Waals surface area contributed by atoms with Gasteiger partial charge in [-0.05, 0) is 48.9 Å². The summed E-state index contributed by atoms with van der Waals surface area (Å²) in [4.78, 5) is 26.8. The molecule has 2 aliphatic rings. The summed E-state index contributed by atoms with van der Waals surface area (Å²) in [7, 11) is 0. The van der Waals surface area contributed by atoms with Crippen LogP contribution in [0.4, 0.5) is 13.2 Å². The Morgan fingerprint density at radius 2 is 1.86 bits per heavy atom. The molecule has 152 valence electrons. The number of carbonyl (C=O) groups is 1. The molecule has 0 spiro atoms. The summed E-state index contributed by atoms with van der Waals surface area (Å²) < 4.78 is 41.1. The Hall–Kier alpha value is -2.54. The summed E-state index contributed by atoms with van der Waals surface area (Å²) >= 11 is 5.82. The number of H-pyrrole nitrogens is 1. The molecule has 1 aromatic heterocycles. The van der Waals surface area contributed by atoms with Gasteiger partial charge in [-0.3, -0.25) is 9.59 Å². The van der Waals surface area contributed by atoms with Crippen LogP contribution in [0, 0.1) is 0 Å². The van der Waals surface area contributed by atoms with Crippen LogP contribution in [-0.2, 0) is 11.0 Å². The van der Waals surface area contributed by atoms with Crippen molar-refractivity contribution in [3.05, 3.63) is 74.2 Å². The van der Waals surface area contributed by atoms with Crippen LogP contribution in [0.3, 0.4) is 0 Å². The third-order valence-corrected chi connectivity index (χ3v) is 5.46. The zero-order valence-corrected chi connectivity index (χ0v) is 16.0. The van der Waals surface area contributed by atoms with Crippen molar-refractivity contribution in [3.8, 4) is 0 Å². The zero-order valence-electron chi connectivity index (χ0n) is 15.3. The highest BCUT2D eigenvalue weighted by Crippen LogP contribution is 2.40. The van der Waals surface area contributed by atoms with Gasteiger partial charge in [0.15, 0.2) is 0 Å². The molecule has 2 heterocycles. The number of aromatic nitrogens is 1. The van der Waals surface area contributed by atoms with E-state index in [0.29, 0.717) is 18.4 Å². The first-order valence-electron chi connectivity index (χ1n) is 9.34. The van der Waals surface area contributed by atoms with Gasteiger partial charge < -0.3 is 10.3 Å². The lowest BCUT2D eigenvalue weighted by molar-refractivity contribution is -0.137. The lowest BCUT2D eigenvalue weighted by Gasteiger charge is -2.18. The van der Waals surface area contributed by atoms with Crippen molar-refractivity contribution in [2.24, 2.45) is 0 Å². The molecule has 1 aliphatic heterocycles. The number of nitrogens with one attached hydrogen (secondary N) is 2. The number of hydrogen-bond donors (Lipinski definition) is 2. The summed E-state index contributed by atoms with van der Waals surface area (Å²) in [6.45, 7) is 0. The van der Waals surface area contributed by atoms with Gasteiger partial charge in [-0.25, -0.2) is 0 Å². The fourth-order valence-electron chi connectivity index (χ4n) is 3.63. The molecule has 2 N–H and O–H groups in total. The summed E-state index contributed by atoms with van der Waals surface area (Å²) in [5.74, 6) is 0.0611. The largest absolute Gasteiger partial charge is 0.417 e. The number of alkyl halides is 3. The number of halogens is 4. The number of pyridine rings is 1. The molecule has 1 aromatic carbocycles. The third kappa shape index (κ3) is 4.24. The molecule has 0 bridgehead atoms. The van der Waals surface area contributed by atoms with E-state index < -0.39 is 17.8 Å². The lowest BCUT2D eigenvalue weighted by Crippen LogP contribution is -2.24. The van der Waals surface area contributed by atoms with Gasteiger partial charge in [0.2, 0.25) is 5.91 Å². The van der Waals surface area contributed by atoms with Crippen molar-refractivity contribution < 1.29 is 18.0 Å². The van der Waals surface area contributed by atoms with E-state index in [1.165, 1.54) is 12.1 Å². The van der Waals surface area contributed by atoms with E-state index in [4.69, 9.17) is 11.6 Å². The molecule has 4 rings (SSSR count). The van der Waals surface area contributed by atoms with Crippen LogP contribution < -0.4 is 10.9 Å². The molecule has 1 amide bonds. The first-order chi connectivity index (χ1) is 13.7. The maximum atomic E-state index is 13.7. The molecule has 0 radical (unpaired) electrons. The van der Waals surface area contributed by atoms with Gasteiger partial charge in [-0.1, -0.05) is 29.8 Å². The van der Waals surface area contributed by atoms with Crippen molar-refractivity contribution in [2.45, 2.75) is 43.8 Å². The van der Waals surface area contributed by atoms with E-state index in [1.807, 2.05) is 0 Å². The molecule has 1 saturated heterocycles. The lowest BCUT2D eigenvalue weighted by atomic mass is 9.94. The van der Waals surface area contributed by atoms with E-state index in [9.17, 15) is 22.8 Å². The van der Waals surface area contributed by atoms with E-state index in [-0.39, 0.29) is 39.2 Å². The first kappa shape index (κ1) is 19.8. The minimum atomic E-state index is -4.63. The van der Waals surface area contributed by atoms with Crippen molar-refractivity contribution in [3.63, 3.8) is 0 Å². The number of carbonyl (C=O) groups excluding carboxylic acids is 1. The van der Waals surface area contributed by atoms with E-state index in [1.54, 1.807) is 18.2 Å². The number of amides is 1. The summed E-state index contributed by atoms with van der Waals surface area (Å²) in [6.07, 6.45) is -0.402. The molecule has 29 heavy (non-hydrogen) atoms. The fourth-order valence-corrected chi connectivity index (χ4v) is 3.80. The Morgan fingerprint density at radius 3 is 2.45 bits per heavy atom. The number of hydrogen-bond acceptors (Lipinski definition) is 2. The second-order valence-corrected chi connectivity index (χ2v) is 7.85. The van der Waals surface area contributed by atoms with Gasteiger partial charge in [-0.2, -0.15) is 13.2 Å². The Kier molecular flexibility index (Phi) is 5.02. The molecule has 1 aliphatic carbocycles. The maximum Gasteiger partial charge on any atom is 0.417 e. The Morgan fingerprint density at radius 1 is 1.10 bits per heavy atom. The van der Waals surface area contributed by atoms with Crippen molar-refractivity contribution in [1.29, 1.82) is 0 Å². The topological polar surface area (TPSA) is 62.0 Å². The van der Waals surface area contributed by atoms with Crippen LogP contribution >= 0.6 is 11.6 Å². The number of aromatic amines is 1. The highest BCUT2D eigenvalue weighted by molar-refractivity contribution is 6.30. The average Bonchev–Trinajstić information content (AvgIpc) is 3.41. The van der Waals surface area contributed by atoms with Crippen LogP contribution in [0.5, 0.6) is 0 Å². The standard InChI is InChI=1S/C21H18ClF3N2O2/c22-12-3-5-15(17(9-12)21(23,24)25)16(10-13-4-8-19(28)26-13)18-7-6-14(11-1-2-11)20(29)27-18/h3,5-7,9-11,13H,1-2,4,8H2,(H,26,28)(H,27,29)/b16-10-/t13-/m1/s1. The number of rotatable bonds is 4. The Bertz CT molecular complexity index is 1050. The van der Waals surface area contributed by atoms with Gasteiger partial charge in [0, 0.05) is 34.3 Å². The average molecular weight is 423 g/mol. The van der Waals surface area contributed by atoms with Crippen LogP contribution in [0.25, 0.3) is 5.57 Å². The normalized spacial score (nSPS) is 20.1. The van der Waals surface area contributed by atoms with Crippen LogP contribution in [0.1, 0.15) is 54.0 Å². The zero-order chi connectivity index (χ0) is 20.8. The molecule has 2 aromatic rings. The maximum absolute atomic E-state index is 13.7. The molecule has 8 heteroatoms. The Labute approximate surface area is 169 Å². The summed E-state index contributed by atoms with van der Waals surface area (Å²) in [6, 6.07) is 6.43. The van der Waals surface area contributed by atoms with Crippen molar-refractivity contribution >= 4 is 23.1 Å². The molecular weight excluding hydrogens is 405 g/mol.